The van der Waals surface area contributed by atoms with Gasteiger partial charge in [0.05, 0.1) is 0 Å². The fourth-order valence-electron chi connectivity index (χ4n) is 2.19. The van der Waals surface area contributed by atoms with Crippen LogP contribution in [0.4, 0.5) is 5.69 Å². The van der Waals surface area contributed by atoms with Crippen LogP contribution < -0.4 is 10.6 Å². The van der Waals surface area contributed by atoms with Crippen LogP contribution in [0, 0.1) is 0 Å². The molecular formula is C16H19N2O4P. The van der Waals surface area contributed by atoms with E-state index >= 15 is 0 Å². The zero-order valence-corrected chi connectivity index (χ0v) is 13.5. The van der Waals surface area contributed by atoms with Crippen molar-refractivity contribution in [3.8, 4) is 0 Å². The molecule has 0 saturated carbocycles. The van der Waals surface area contributed by atoms with Crippen LogP contribution in [0.2, 0.25) is 0 Å². The summed E-state index contributed by atoms with van der Waals surface area (Å²) in [5.74, 6) is -1.31. The maximum absolute atomic E-state index is 11.8. The molecule has 23 heavy (non-hydrogen) atoms. The van der Waals surface area contributed by atoms with E-state index in [9.17, 15) is 19.1 Å². The molecule has 1 atom stereocenters. The Balaban J connectivity index is 2.15. The summed E-state index contributed by atoms with van der Waals surface area (Å²) >= 11 is 0. The number of nitrogens with one attached hydrogen (secondary N) is 2. The SMILES string of the molecule is CC(=O)Nc1ccc([C@H](NCc2ccccc2)P(=O)(O)O)cc1. The van der Waals surface area contributed by atoms with Crippen molar-refractivity contribution in [1.82, 2.24) is 5.32 Å². The summed E-state index contributed by atoms with van der Waals surface area (Å²) in [6.07, 6.45) is 0. The van der Waals surface area contributed by atoms with Crippen LogP contribution in [0.3, 0.4) is 0 Å². The summed E-state index contributed by atoms with van der Waals surface area (Å²) in [6, 6.07) is 15.8. The Bertz CT molecular complexity index is 698. The standard InChI is InChI=1S/C16H19N2O4P/c1-12(19)18-15-9-7-14(8-10-15)16(23(20,21)22)17-11-13-5-3-2-4-6-13/h2-10,16-17H,11H2,1H3,(H,18,19)(H2,20,21,22)/t16-/m1/s1. The van der Waals surface area contributed by atoms with Gasteiger partial charge in [-0.25, -0.2) is 0 Å². The fourth-order valence-corrected chi connectivity index (χ4v) is 3.08. The van der Waals surface area contributed by atoms with Crippen LogP contribution in [0.15, 0.2) is 54.6 Å². The zero-order chi connectivity index (χ0) is 16.9. The Labute approximate surface area is 134 Å². The van der Waals surface area contributed by atoms with E-state index in [4.69, 9.17) is 0 Å². The van der Waals surface area contributed by atoms with Crippen molar-refractivity contribution in [1.29, 1.82) is 0 Å². The Hall–Kier alpha value is -1.98. The van der Waals surface area contributed by atoms with Gasteiger partial charge in [-0.3, -0.25) is 14.7 Å². The van der Waals surface area contributed by atoms with Crippen LogP contribution in [-0.4, -0.2) is 15.7 Å². The van der Waals surface area contributed by atoms with Gasteiger partial charge in [-0.05, 0) is 23.3 Å². The second-order valence-corrected chi connectivity index (χ2v) is 6.86. The minimum Gasteiger partial charge on any atom is -0.326 e. The molecule has 4 N–H and O–H groups in total. The molecule has 0 aliphatic carbocycles. The molecule has 1 amide bonds. The number of anilines is 1. The molecule has 0 fully saturated rings. The van der Waals surface area contributed by atoms with E-state index in [0.29, 0.717) is 17.8 Å². The molecule has 0 heterocycles. The molecular weight excluding hydrogens is 315 g/mol. The van der Waals surface area contributed by atoms with Gasteiger partial charge in [0.2, 0.25) is 5.91 Å². The molecule has 2 rings (SSSR count). The van der Waals surface area contributed by atoms with E-state index in [1.54, 1.807) is 24.3 Å². The molecule has 6 nitrogen and oxygen atoms in total. The Morgan fingerprint density at radius 2 is 1.70 bits per heavy atom. The van der Waals surface area contributed by atoms with Crippen molar-refractivity contribution in [2.45, 2.75) is 19.3 Å². The second kappa shape index (κ2) is 7.53. The lowest BCUT2D eigenvalue weighted by atomic mass is 10.2. The van der Waals surface area contributed by atoms with Crippen LogP contribution in [0.25, 0.3) is 0 Å². The summed E-state index contributed by atoms with van der Waals surface area (Å²) in [5, 5.41) is 5.52. The molecule has 0 aliphatic heterocycles. The van der Waals surface area contributed by atoms with E-state index in [1.165, 1.54) is 6.92 Å². The monoisotopic (exact) mass is 334 g/mol. The molecule has 0 spiro atoms. The van der Waals surface area contributed by atoms with E-state index < -0.39 is 13.4 Å². The second-order valence-electron chi connectivity index (χ2n) is 5.16. The lowest BCUT2D eigenvalue weighted by Gasteiger charge is -2.21. The van der Waals surface area contributed by atoms with Gasteiger partial charge in [0, 0.05) is 19.2 Å². The quantitative estimate of drug-likeness (QED) is 0.609. The van der Waals surface area contributed by atoms with Crippen molar-refractivity contribution in [3.05, 3.63) is 65.7 Å². The van der Waals surface area contributed by atoms with Crippen molar-refractivity contribution < 1.29 is 19.1 Å². The average molecular weight is 334 g/mol. The predicted octanol–water partition coefficient (Wildman–Crippen LogP) is 2.61. The van der Waals surface area contributed by atoms with Gasteiger partial charge < -0.3 is 15.1 Å². The van der Waals surface area contributed by atoms with Gasteiger partial charge in [-0.2, -0.15) is 0 Å². The van der Waals surface area contributed by atoms with Gasteiger partial charge >= 0.3 is 7.60 Å². The number of rotatable bonds is 6. The first-order chi connectivity index (χ1) is 10.9. The van der Waals surface area contributed by atoms with E-state index in [2.05, 4.69) is 10.6 Å². The van der Waals surface area contributed by atoms with Crippen LogP contribution in [-0.2, 0) is 15.9 Å². The Morgan fingerprint density at radius 1 is 1.09 bits per heavy atom. The van der Waals surface area contributed by atoms with Crippen LogP contribution in [0.1, 0.15) is 23.8 Å². The number of benzene rings is 2. The smallest absolute Gasteiger partial charge is 0.326 e. The molecule has 0 unspecified atom stereocenters. The molecule has 2 aromatic rings. The van der Waals surface area contributed by atoms with Crippen molar-refractivity contribution in [3.63, 3.8) is 0 Å². The number of hydrogen-bond acceptors (Lipinski definition) is 3. The maximum Gasteiger partial charge on any atom is 0.346 e. The summed E-state index contributed by atoms with van der Waals surface area (Å²) in [5.41, 5.74) is 1.97. The molecule has 2 aromatic carbocycles. The van der Waals surface area contributed by atoms with Crippen LogP contribution >= 0.6 is 7.60 Å². The third-order valence-electron chi connectivity index (χ3n) is 3.23. The molecule has 122 valence electrons. The van der Waals surface area contributed by atoms with E-state index in [-0.39, 0.29) is 5.91 Å². The first-order valence-electron chi connectivity index (χ1n) is 7.06. The van der Waals surface area contributed by atoms with Gasteiger partial charge in [0.25, 0.3) is 0 Å². The minimum atomic E-state index is -4.38. The molecule has 0 saturated heterocycles. The van der Waals surface area contributed by atoms with Gasteiger partial charge in [0.15, 0.2) is 0 Å². The third-order valence-corrected chi connectivity index (χ3v) is 4.38. The topological polar surface area (TPSA) is 98.7 Å². The summed E-state index contributed by atoms with van der Waals surface area (Å²) in [6.45, 7) is 1.73. The highest BCUT2D eigenvalue weighted by atomic mass is 31.2. The Kier molecular flexibility index (Phi) is 5.69. The van der Waals surface area contributed by atoms with E-state index in [1.807, 2.05) is 30.3 Å². The fraction of sp³-hybridized carbons (Fsp3) is 0.188. The number of hydrogen-bond donors (Lipinski definition) is 4. The summed E-state index contributed by atoms with van der Waals surface area (Å²) in [4.78, 5) is 30.2. The van der Waals surface area contributed by atoms with Crippen molar-refractivity contribution >= 4 is 19.2 Å². The van der Waals surface area contributed by atoms with Crippen molar-refractivity contribution in [2.24, 2.45) is 0 Å². The average Bonchev–Trinajstić information content (AvgIpc) is 2.48. The molecule has 0 aliphatic rings. The minimum absolute atomic E-state index is 0.202. The lowest BCUT2D eigenvalue weighted by Crippen LogP contribution is -2.21. The Morgan fingerprint density at radius 3 is 2.22 bits per heavy atom. The molecule has 0 aromatic heterocycles. The zero-order valence-electron chi connectivity index (χ0n) is 12.6. The number of amides is 1. The largest absolute Gasteiger partial charge is 0.346 e. The summed E-state index contributed by atoms with van der Waals surface area (Å²) < 4.78 is 11.8. The highest BCUT2D eigenvalue weighted by Crippen LogP contribution is 2.50. The van der Waals surface area contributed by atoms with Gasteiger partial charge in [0.1, 0.15) is 5.78 Å². The third kappa shape index (κ3) is 5.30. The molecule has 7 heteroatoms. The van der Waals surface area contributed by atoms with Crippen LogP contribution in [0.5, 0.6) is 0 Å². The number of carbonyl (C=O) groups excluding carboxylic acids is 1. The van der Waals surface area contributed by atoms with Crippen molar-refractivity contribution in [2.75, 3.05) is 5.32 Å². The highest BCUT2D eigenvalue weighted by Gasteiger charge is 2.29. The highest BCUT2D eigenvalue weighted by molar-refractivity contribution is 7.52. The van der Waals surface area contributed by atoms with Gasteiger partial charge in [-0.1, -0.05) is 42.5 Å². The predicted molar refractivity (Wildman–Crippen MR) is 88.8 cm³/mol. The first kappa shape index (κ1) is 17.4. The molecule has 0 bridgehead atoms. The lowest BCUT2D eigenvalue weighted by molar-refractivity contribution is -0.114. The van der Waals surface area contributed by atoms with E-state index in [0.717, 1.165) is 5.56 Å². The molecule has 0 radical (unpaired) electrons. The number of carbonyl (C=O) groups is 1. The summed E-state index contributed by atoms with van der Waals surface area (Å²) in [7, 11) is -4.38. The van der Waals surface area contributed by atoms with Gasteiger partial charge in [-0.15, -0.1) is 0 Å². The maximum atomic E-state index is 11.8. The first-order valence-corrected chi connectivity index (χ1v) is 8.74. The normalized spacial score (nSPS) is 12.7.